The Morgan fingerprint density at radius 1 is 0.375 bits per heavy atom. The number of rotatable bonds is 20. The Hall–Kier alpha value is -6.22. The highest BCUT2D eigenvalue weighted by atomic mass is 16.6. The van der Waals surface area contributed by atoms with Crippen molar-refractivity contribution in [1.29, 1.82) is 0 Å². The Kier molecular flexibility index (Phi) is 12.8. The zero-order valence-electron chi connectivity index (χ0n) is 31.3. The minimum Gasteiger partial charge on any atom is -0.494 e. The van der Waals surface area contributed by atoms with E-state index < -0.39 is 5.41 Å². The summed E-state index contributed by atoms with van der Waals surface area (Å²) >= 11 is 0. The van der Waals surface area contributed by atoms with E-state index in [-0.39, 0.29) is 11.8 Å². The molecule has 2 amide bonds. The fraction of sp³-hybridized carbons (Fsp3) is 0.208. The summed E-state index contributed by atoms with van der Waals surface area (Å²) in [6.45, 7) is 3.29. The van der Waals surface area contributed by atoms with Crippen molar-refractivity contribution < 1.29 is 33.3 Å². The van der Waals surface area contributed by atoms with E-state index in [4.69, 9.17) is 23.7 Å². The van der Waals surface area contributed by atoms with E-state index in [1.165, 1.54) is 21.6 Å². The third-order valence-corrected chi connectivity index (χ3v) is 9.77. The second kappa shape index (κ2) is 18.9. The highest BCUT2D eigenvalue weighted by Crippen LogP contribution is 2.45. The first-order valence-electron chi connectivity index (χ1n) is 19.0. The van der Waals surface area contributed by atoms with Gasteiger partial charge in [0.15, 0.2) is 0 Å². The normalized spacial score (nSPS) is 12.4. The summed E-state index contributed by atoms with van der Waals surface area (Å²) in [6, 6.07) is 54.6. The lowest BCUT2D eigenvalue weighted by atomic mass is 9.65. The van der Waals surface area contributed by atoms with Gasteiger partial charge < -0.3 is 23.7 Å². The van der Waals surface area contributed by atoms with Gasteiger partial charge in [0.2, 0.25) is 0 Å². The molecule has 0 N–H and O–H groups in total. The van der Waals surface area contributed by atoms with Crippen LogP contribution in [0.5, 0.6) is 17.2 Å². The van der Waals surface area contributed by atoms with Crippen molar-refractivity contribution in [1.82, 2.24) is 4.90 Å². The lowest BCUT2D eigenvalue weighted by Crippen LogP contribution is -2.31. The van der Waals surface area contributed by atoms with Crippen LogP contribution in [0.1, 0.15) is 49.4 Å². The number of benzene rings is 6. The zero-order valence-corrected chi connectivity index (χ0v) is 31.3. The molecular formula is C48H45NO7. The molecule has 1 aliphatic rings. The Bertz CT molecular complexity index is 2010. The summed E-state index contributed by atoms with van der Waals surface area (Å²) in [6.07, 6.45) is 0.535. The molecule has 0 atom stereocenters. The third-order valence-electron chi connectivity index (χ3n) is 9.77. The molecule has 7 rings (SSSR count). The molecule has 0 fully saturated rings. The van der Waals surface area contributed by atoms with E-state index in [9.17, 15) is 9.59 Å². The highest BCUT2D eigenvalue weighted by Gasteiger charge is 2.38. The van der Waals surface area contributed by atoms with Gasteiger partial charge in [0.1, 0.15) is 30.5 Å². The zero-order chi connectivity index (χ0) is 38.4. The van der Waals surface area contributed by atoms with Gasteiger partial charge in [-0.1, -0.05) is 115 Å². The van der Waals surface area contributed by atoms with Gasteiger partial charge >= 0.3 is 0 Å². The second-order valence-corrected chi connectivity index (χ2v) is 13.3. The van der Waals surface area contributed by atoms with Gasteiger partial charge in [-0.15, -0.1) is 0 Å². The van der Waals surface area contributed by atoms with E-state index in [1.807, 2.05) is 36.4 Å². The van der Waals surface area contributed by atoms with E-state index in [0.717, 1.165) is 11.3 Å². The molecule has 0 aromatic heterocycles. The standard InChI is InChI=1S/C48H45NO7/c50-46-44-19-10-11-20-45(44)47(51)49(46)29-12-30-54-42-25-27-43(28-26-42)56-36-34-53-32-31-52-33-35-55-41-23-21-40(22-24-41)48(37-13-4-1-5-14-37,38-15-6-2-7-16-38)39-17-8-3-9-18-39/h1-11,13-28H,12,29-36H2. The van der Waals surface area contributed by atoms with Gasteiger partial charge in [0.05, 0.1) is 49.6 Å². The number of ether oxygens (including phenoxy) is 5. The van der Waals surface area contributed by atoms with Crippen molar-refractivity contribution in [3.8, 4) is 17.2 Å². The summed E-state index contributed by atoms with van der Waals surface area (Å²) in [7, 11) is 0. The quantitative estimate of drug-likeness (QED) is 0.0440. The van der Waals surface area contributed by atoms with Crippen molar-refractivity contribution in [2.75, 3.05) is 52.8 Å². The number of carbonyl (C=O) groups excluding carboxylic acids is 2. The highest BCUT2D eigenvalue weighted by molar-refractivity contribution is 6.21. The van der Waals surface area contributed by atoms with E-state index in [1.54, 1.807) is 24.3 Å². The van der Waals surface area contributed by atoms with Gasteiger partial charge in [-0.25, -0.2) is 0 Å². The molecule has 0 bridgehead atoms. The van der Waals surface area contributed by atoms with Gasteiger partial charge in [0.25, 0.3) is 11.8 Å². The largest absolute Gasteiger partial charge is 0.494 e. The van der Waals surface area contributed by atoms with Gasteiger partial charge in [-0.05, 0) is 77.2 Å². The number of carbonyl (C=O) groups is 2. The fourth-order valence-corrected chi connectivity index (χ4v) is 7.11. The SMILES string of the molecule is O=C1c2ccccc2C(=O)N1CCCOc1ccc(OCCOCCOCCOc2ccc(C(c3ccccc3)(c3ccccc3)c3ccccc3)cc2)cc1. The van der Waals surface area contributed by atoms with Crippen molar-refractivity contribution in [2.45, 2.75) is 11.8 Å². The molecule has 6 aromatic carbocycles. The minimum atomic E-state index is -0.492. The molecule has 1 aliphatic heterocycles. The lowest BCUT2D eigenvalue weighted by molar-refractivity contribution is 0.0273. The molecule has 56 heavy (non-hydrogen) atoms. The molecule has 0 saturated carbocycles. The molecule has 0 radical (unpaired) electrons. The first-order valence-corrected chi connectivity index (χ1v) is 19.0. The van der Waals surface area contributed by atoms with Crippen molar-refractivity contribution in [3.63, 3.8) is 0 Å². The van der Waals surface area contributed by atoms with Crippen LogP contribution in [-0.4, -0.2) is 69.5 Å². The number of imide groups is 1. The molecule has 1 heterocycles. The summed E-state index contributed by atoms with van der Waals surface area (Å²) in [5.74, 6) is 1.68. The molecule has 0 aliphatic carbocycles. The van der Waals surface area contributed by atoms with Crippen LogP contribution < -0.4 is 14.2 Å². The molecule has 284 valence electrons. The first kappa shape index (κ1) is 38.1. The average molecular weight is 748 g/mol. The molecule has 6 aromatic rings. The molecular weight excluding hydrogens is 703 g/mol. The molecule has 0 spiro atoms. The molecule has 8 heteroatoms. The summed E-state index contributed by atoms with van der Waals surface area (Å²) < 4.78 is 29.0. The number of nitrogens with zero attached hydrogens (tertiary/aromatic N) is 1. The van der Waals surface area contributed by atoms with Crippen LogP contribution in [0, 0.1) is 0 Å². The lowest BCUT2D eigenvalue weighted by Gasteiger charge is -2.36. The van der Waals surface area contributed by atoms with Crippen LogP contribution in [0.3, 0.4) is 0 Å². The number of hydrogen-bond acceptors (Lipinski definition) is 7. The van der Waals surface area contributed by atoms with E-state index in [0.29, 0.717) is 81.8 Å². The van der Waals surface area contributed by atoms with Crippen LogP contribution in [0.2, 0.25) is 0 Å². The predicted molar refractivity (Wildman–Crippen MR) is 216 cm³/mol. The van der Waals surface area contributed by atoms with Crippen LogP contribution in [0.15, 0.2) is 164 Å². The number of fused-ring (bicyclic) bond motifs is 1. The van der Waals surface area contributed by atoms with Crippen LogP contribution in [0.25, 0.3) is 0 Å². The van der Waals surface area contributed by atoms with E-state index >= 15 is 0 Å². The minimum absolute atomic E-state index is 0.249. The summed E-state index contributed by atoms with van der Waals surface area (Å²) in [4.78, 5) is 26.3. The smallest absolute Gasteiger partial charge is 0.261 e. The molecule has 0 saturated heterocycles. The summed E-state index contributed by atoms with van der Waals surface area (Å²) in [5, 5.41) is 0. The van der Waals surface area contributed by atoms with Crippen molar-refractivity contribution in [3.05, 3.63) is 197 Å². The maximum absolute atomic E-state index is 12.5. The first-order chi connectivity index (χ1) is 27.6. The number of amides is 2. The Morgan fingerprint density at radius 2 is 0.714 bits per heavy atom. The van der Waals surface area contributed by atoms with Gasteiger partial charge in [0, 0.05) is 6.54 Å². The van der Waals surface area contributed by atoms with Crippen LogP contribution in [-0.2, 0) is 14.9 Å². The number of hydrogen-bond donors (Lipinski definition) is 0. The molecule has 0 unspecified atom stereocenters. The van der Waals surface area contributed by atoms with Gasteiger partial charge in [-0.2, -0.15) is 0 Å². The predicted octanol–water partition coefficient (Wildman–Crippen LogP) is 8.63. The Morgan fingerprint density at radius 3 is 1.14 bits per heavy atom. The van der Waals surface area contributed by atoms with Crippen molar-refractivity contribution in [2.24, 2.45) is 0 Å². The van der Waals surface area contributed by atoms with Crippen molar-refractivity contribution >= 4 is 11.8 Å². The van der Waals surface area contributed by atoms with Crippen LogP contribution in [0.4, 0.5) is 0 Å². The second-order valence-electron chi connectivity index (χ2n) is 13.3. The average Bonchev–Trinajstić information content (AvgIpc) is 3.50. The maximum Gasteiger partial charge on any atom is 0.261 e. The monoisotopic (exact) mass is 747 g/mol. The molecule has 8 nitrogen and oxygen atoms in total. The van der Waals surface area contributed by atoms with Gasteiger partial charge in [-0.3, -0.25) is 14.5 Å². The third kappa shape index (κ3) is 8.84. The Labute approximate surface area is 328 Å². The topological polar surface area (TPSA) is 83.5 Å². The maximum atomic E-state index is 12.5. The van der Waals surface area contributed by atoms with E-state index in [2.05, 4.69) is 103 Å². The van der Waals surface area contributed by atoms with Crippen LogP contribution >= 0.6 is 0 Å². The summed E-state index contributed by atoms with van der Waals surface area (Å²) in [5.41, 5.74) is 5.18. The fourth-order valence-electron chi connectivity index (χ4n) is 7.11. The Balaban J connectivity index is 0.783.